The van der Waals surface area contributed by atoms with Crippen LogP contribution in [0.3, 0.4) is 0 Å². The van der Waals surface area contributed by atoms with Gasteiger partial charge >= 0.3 is 0 Å². The van der Waals surface area contributed by atoms with Crippen molar-refractivity contribution in [3.8, 4) is 0 Å². The summed E-state index contributed by atoms with van der Waals surface area (Å²) in [6, 6.07) is 12.2. The van der Waals surface area contributed by atoms with Crippen molar-refractivity contribution in [2.75, 3.05) is 7.05 Å². The van der Waals surface area contributed by atoms with E-state index in [9.17, 15) is 9.59 Å². The predicted molar refractivity (Wildman–Crippen MR) is 91.0 cm³/mol. The van der Waals surface area contributed by atoms with Crippen molar-refractivity contribution < 1.29 is 9.59 Å². The Morgan fingerprint density at radius 2 is 2.04 bits per heavy atom. The van der Waals surface area contributed by atoms with E-state index < -0.39 is 0 Å². The number of likely N-dealkylation sites (N-methyl/N-ethyl adjacent to an activating group) is 1. The first kappa shape index (κ1) is 15.5. The number of carbonyl (C=O) groups excluding carboxylic acids is 2. The summed E-state index contributed by atoms with van der Waals surface area (Å²) in [7, 11) is 1.70. The molecule has 4 heteroatoms. The maximum atomic E-state index is 12.4. The van der Waals surface area contributed by atoms with Crippen LogP contribution in [0.2, 0.25) is 0 Å². The van der Waals surface area contributed by atoms with Crippen molar-refractivity contribution in [2.24, 2.45) is 0 Å². The molecular formula is C19H22N2O2. The van der Waals surface area contributed by atoms with Crippen molar-refractivity contribution in [2.45, 2.75) is 38.8 Å². The third-order valence-corrected chi connectivity index (χ3v) is 4.75. The van der Waals surface area contributed by atoms with Gasteiger partial charge in [-0.2, -0.15) is 0 Å². The molecule has 0 aromatic heterocycles. The first-order valence-electron chi connectivity index (χ1n) is 8.14. The Morgan fingerprint density at radius 3 is 2.74 bits per heavy atom. The summed E-state index contributed by atoms with van der Waals surface area (Å²) in [5.41, 5.74) is 2.42. The predicted octanol–water partition coefficient (Wildman–Crippen LogP) is 2.64. The van der Waals surface area contributed by atoms with Crippen LogP contribution >= 0.6 is 0 Å². The second-order valence-electron chi connectivity index (χ2n) is 6.05. The molecule has 2 aromatic carbocycles. The fourth-order valence-corrected chi connectivity index (χ4v) is 3.33. The third kappa shape index (κ3) is 2.93. The molecule has 0 radical (unpaired) electrons. The number of likely N-dealkylation sites (tertiary alicyclic amines) is 1. The van der Waals surface area contributed by atoms with Crippen molar-refractivity contribution in [3.05, 3.63) is 47.5 Å². The van der Waals surface area contributed by atoms with Crippen LogP contribution in [0.5, 0.6) is 0 Å². The monoisotopic (exact) mass is 310 g/mol. The van der Waals surface area contributed by atoms with Crippen LogP contribution in [0.25, 0.3) is 10.8 Å². The van der Waals surface area contributed by atoms with E-state index in [1.165, 1.54) is 21.9 Å². The number of hydrogen-bond acceptors (Lipinski definition) is 2. The van der Waals surface area contributed by atoms with Gasteiger partial charge in [-0.3, -0.25) is 9.59 Å². The Balaban J connectivity index is 1.81. The van der Waals surface area contributed by atoms with E-state index >= 15 is 0 Å². The third-order valence-electron chi connectivity index (χ3n) is 4.75. The molecule has 120 valence electrons. The van der Waals surface area contributed by atoms with Gasteiger partial charge in [-0.1, -0.05) is 43.3 Å². The number of nitrogens with one attached hydrogen (secondary N) is 1. The first-order chi connectivity index (χ1) is 11.1. The molecule has 1 saturated heterocycles. The molecule has 1 aliphatic heterocycles. The average Bonchev–Trinajstić information content (AvgIpc) is 2.91. The topological polar surface area (TPSA) is 49.4 Å². The van der Waals surface area contributed by atoms with Gasteiger partial charge in [-0.25, -0.2) is 0 Å². The summed E-state index contributed by atoms with van der Waals surface area (Å²) in [6.07, 6.45) is 2.00. The minimum absolute atomic E-state index is 0.0459. The number of hydrogen-bond donors (Lipinski definition) is 1. The highest BCUT2D eigenvalue weighted by Gasteiger charge is 2.32. The minimum Gasteiger partial charge on any atom is -0.350 e. The summed E-state index contributed by atoms with van der Waals surface area (Å²) in [5, 5.41) is 5.39. The van der Waals surface area contributed by atoms with Crippen LogP contribution in [0.15, 0.2) is 36.4 Å². The molecule has 0 saturated carbocycles. The van der Waals surface area contributed by atoms with Gasteiger partial charge in [-0.15, -0.1) is 0 Å². The molecule has 23 heavy (non-hydrogen) atoms. The molecule has 1 unspecified atom stereocenters. The quantitative estimate of drug-likeness (QED) is 0.944. The van der Waals surface area contributed by atoms with Crippen LogP contribution in [0.1, 0.15) is 30.9 Å². The Labute approximate surface area is 136 Å². The maximum Gasteiger partial charge on any atom is 0.243 e. The van der Waals surface area contributed by atoms with Gasteiger partial charge in [0.05, 0.1) is 0 Å². The first-order valence-corrected chi connectivity index (χ1v) is 8.14. The summed E-state index contributed by atoms with van der Waals surface area (Å²) in [5.74, 6) is -0.0158. The lowest BCUT2D eigenvalue weighted by molar-refractivity contribution is -0.133. The van der Waals surface area contributed by atoms with Gasteiger partial charge < -0.3 is 10.2 Å². The maximum absolute atomic E-state index is 12.4. The smallest absolute Gasteiger partial charge is 0.243 e. The standard InChI is InChI=1S/C19H22N2O2/c1-3-13-8-9-14-6-4-5-7-15(14)16(13)12-20-19(23)17-10-11-18(22)21(17)2/h4-9,17H,3,10-12H2,1-2H3,(H,20,23). The molecule has 4 nitrogen and oxygen atoms in total. The van der Waals surface area contributed by atoms with Crippen LogP contribution in [0, 0.1) is 0 Å². The van der Waals surface area contributed by atoms with Crippen molar-refractivity contribution >= 4 is 22.6 Å². The lowest BCUT2D eigenvalue weighted by atomic mass is 9.97. The van der Waals surface area contributed by atoms with Crippen molar-refractivity contribution in [1.82, 2.24) is 10.2 Å². The molecule has 1 aliphatic rings. The lowest BCUT2D eigenvalue weighted by Gasteiger charge is -2.20. The van der Waals surface area contributed by atoms with E-state index in [4.69, 9.17) is 0 Å². The largest absolute Gasteiger partial charge is 0.350 e. The number of carbonyl (C=O) groups is 2. The summed E-state index contributed by atoms with van der Waals surface area (Å²) < 4.78 is 0. The van der Waals surface area contributed by atoms with Gasteiger partial charge in [0, 0.05) is 20.0 Å². The number of fused-ring (bicyclic) bond motifs is 1. The van der Waals surface area contributed by atoms with Crippen LogP contribution in [-0.4, -0.2) is 29.8 Å². The molecule has 2 aromatic rings. The number of nitrogens with zero attached hydrogens (tertiary/aromatic N) is 1. The van der Waals surface area contributed by atoms with E-state index in [0.717, 1.165) is 6.42 Å². The SMILES string of the molecule is CCc1ccc2ccccc2c1CNC(=O)C1CCC(=O)N1C. The molecule has 1 N–H and O–H groups in total. The molecule has 0 spiro atoms. The zero-order chi connectivity index (χ0) is 16.4. The van der Waals surface area contributed by atoms with Gasteiger partial charge in [0.2, 0.25) is 11.8 Å². The molecule has 3 rings (SSSR count). The van der Waals surface area contributed by atoms with Crippen LogP contribution < -0.4 is 5.32 Å². The van der Waals surface area contributed by atoms with Gasteiger partial charge in [0.25, 0.3) is 0 Å². The van der Waals surface area contributed by atoms with E-state index in [2.05, 4.69) is 36.5 Å². The van der Waals surface area contributed by atoms with Gasteiger partial charge in [0.1, 0.15) is 6.04 Å². The molecular weight excluding hydrogens is 288 g/mol. The second-order valence-corrected chi connectivity index (χ2v) is 6.05. The van der Waals surface area contributed by atoms with Crippen molar-refractivity contribution in [1.29, 1.82) is 0 Å². The molecule has 1 heterocycles. The summed E-state index contributed by atoms with van der Waals surface area (Å²) in [4.78, 5) is 25.5. The van der Waals surface area contributed by atoms with Crippen molar-refractivity contribution in [3.63, 3.8) is 0 Å². The summed E-state index contributed by atoms with van der Waals surface area (Å²) in [6.45, 7) is 2.63. The summed E-state index contributed by atoms with van der Waals surface area (Å²) >= 11 is 0. The molecule has 1 fully saturated rings. The number of benzene rings is 2. The highest BCUT2D eigenvalue weighted by atomic mass is 16.2. The zero-order valence-electron chi connectivity index (χ0n) is 13.6. The molecule has 1 atom stereocenters. The zero-order valence-corrected chi connectivity index (χ0v) is 13.6. The second kappa shape index (κ2) is 6.41. The normalized spacial score (nSPS) is 17.7. The van der Waals surface area contributed by atoms with Gasteiger partial charge in [0.15, 0.2) is 0 Å². The number of amides is 2. The lowest BCUT2D eigenvalue weighted by Crippen LogP contribution is -2.42. The fraction of sp³-hybridized carbons (Fsp3) is 0.368. The van der Waals surface area contributed by atoms with Crippen LogP contribution in [0.4, 0.5) is 0 Å². The molecule has 0 bridgehead atoms. The molecule has 0 aliphatic carbocycles. The fourth-order valence-electron chi connectivity index (χ4n) is 3.33. The average molecular weight is 310 g/mol. The van der Waals surface area contributed by atoms with Gasteiger partial charge in [-0.05, 0) is 34.7 Å². The van der Waals surface area contributed by atoms with E-state index in [0.29, 0.717) is 19.4 Å². The molecule has 2 amide bonds. The van der Waals surface area contributed by atoms with E-state index in [1.54, 1.807) is 11.9 Å². The van der Waals surface area contributed by atoms with E-state index in [1.807, 2.05) is 12.1 Å². The Bertz CT molecular complexity index is 754. The Hall–Kier alpha value is -2.36. The minimum atomic E-state index is -0.331. The Kier molecular flexibility index (Phi) is 4.33. The highest BCUT2D eigenvalue weighted by Crippen LogP contribution is 2.23. The number of rotatable bonds is 4. The highest BCUT2D eigenvalue weighted by molar-refractivity contribution is 5.91. The number of aryl methyl sites for hydroxylation is 1. The Morgan fingerprint density at radius 1 is 1.26 bits per heavy atom. The van der Waals surface area contributed by atoms with Crippen LogP contribution in [-0.2, 0) is 22.6 Å². The van der Waals surface area contributed by atoms with E-state index in [-0.39, 0.29) is 17.9 Å².